The van der Waals surface area contributed by atoms with Crippen molar-refractivity contribution in [3.05, 3.63) is 190 Å². The summed E-state index contributed by atoms with van der Waals surface area (Å²) in [6.45, 7) is 4.69. The number of carbonyl (C=O) groups excluding carboxylic acids is 2. The van der Waals surface area contributed by atoms with Crippen LogP contribution >= 0.6 is 0 Å². The zero-order valence-corrected chi connectivity index (χ0v) is 26.9. The van der Waals surface area contributed by atoms with E-state index in [-0.39, 0.29) is 28.5 Å². The molecule has 0 N–H and O–H groups in total. The van der Waals surface area contributed by atoms with Crippen molar-refractivity contribution < 1.29 is 9.59 Å². The number of nitrogens with zero attached hydrogens (tertiary/aromatic N) is 1. The molecule has 0 spiro atoms. The van der Waals surface area contributed by atoms with E-state index in [1.54, 1.807) is 6.08 Å². The van der Waals surface area contributed by atoms with Crippen molar-refractivity contribution >= 4 is 45.0 Å². The number of para-hydroxylation sites is 2. The monoisotopic (exact) mass is 619 g/mol. The molecular weight excluding hydrogens is 587 g/mol. The molecule has 230 valence electrons. The van der Waals surface area contributed by atoms with Crippen molar-refractivity contribution in [1.29, 1.82) is 0 Å². The molecule has 4 aliphatic rings. The topological polar surface area (TPSA) is 37.4 Å². The molecule has 0 fully saturated rings. The first-order valence-corrected chi connectivity index (χ1v) is 16.6. The fraction of sp³-hybridized carbons (Fsp3) is 0.111. The predicted octanol–water partition coefficient (Wildman–Crippen LogP) is 10.8. The lowest BCUT2D eigenvalue weighted by Crippen LogP contribution is -2.21. The standard InChI is InChI=1S/C45H33NO2/c1-45(2)41-20-19-35(46(33-13-5-3-6-14-33)34-15-7-4-8-16-34)27-37(41)36-25-32-21-28(17-18-31(32)26-42(36)45)22-40-43(47)38-23-29-11-9-10-12-30(29)24-39(38)44(40)48/h3-25,27,31H,26H2,1-2H3. The van der Waals surface area contributed by atoms with Gasteiger partial charge < -0.3 is 4.90 Å². The molecule has 0 bridgehead atoms. The van der Waals surface area contributed by atoms with Crippen LogP contribution in [-0.2, 0) is 5.41 Å². The number of fused-ring (bicyclic) bond motifs is 5. The largest absolute Gasteiger partial charge is 0.310 e. The minimum atomic E-state index is -0.194. The highest BCUT2D eigenvalue weighted by molar-refractivity contribution is 6.40. The average Bonchev–Trinajstić information content (AvgIpc) is 3.47. The molecule has 48 heavy (non-hydrogen) atoms. The summed E-state index contributed by atoms with van der Waals surface area (Å²) >= 11 is 0. The van der Waals surface area contributed by atoms with Gasteiger partial charge in [-0.05, 0) is 99.6 Å². The van der Waals surface area contributed by atoms with Crippen LogP contribution in [0.1, 0.15) is 52.1 Å². The van der Waals surface area contributed by atoms with Crippen LogP contribution in [0.3, 0.4) is 0 Å². The highest BCUT2D eigenvalue weighted by Gasteiger charge is 2.41. The van der Waals surface area contributed by atoms with Crippen LogP contribution in [0.5, 0.6) is 0 Å². The Kier molecular flexibility index (Phi) is 6.29. The fourth-order valence-corrected chi connectivity index (χ4v) is 8.04. The van der Waals surface area contributed by atoms with Gasteiger partial charge in [-0.3, -0.25) is 9.59 Å². The number of anilines is 3. The van der Waals surface area contributed by atoms with E-state index in [2.05, 4.69) is 122 Å². The van der Waals surface area contributed by atoms with Gasteiger partial charge in [0.2, 0.25) is 0 Å². The normalized spacial score (nSPS) is 18.6. The van der Waals surface area contributed by atoms with Gasteiger partial charge in [-0.15, -0.1) is 0 Å². The van der Waals surface area contributed by atoms with Crippen LogP contribution in [0, 0.1) is 5.92 Å². The Morgan fingerprint density at radius 2 is 1.27 bits per heavy atom. The molecule has 0 radical (unpaired) electrons. The number of hydrogen-bond donors (Lipinski definition) is 0. The maximum Gasteiger partial charge on any atom is 0.197 e. The van der Waals surface area contributed by atoms with Gasteiger partial charge in [-0.2, -0.15) is 0 Å². The fourth-order valence-electron chi connectivity index (χ4n) is 8.04. The van der Waals surface area contributed by atoms with Gasteiger partial charge >= 0.3 is 0 Å². The lowest BCUT2D eigenvalue weighted by atomic mass is 9.73. The molecule has 0 saturated carbocycles. The van der Waals surface area contributed by atoms with Crippen LogP contribution in [0.2, 0.25) is 0 Å². The number of benzene rings is 5. The molecule has 9 rings (SSSR count). The molecule has 4 aliphatic carbocycles. The van der Waals surface area contributed by atoms with Crippen LogP contribution < -0.4 is 4.90 Å². The van der Waals surface area contributed by atoms with Gasteiger partial charge in [0.25, 0.3) is 0 Å². The summed E-state index contributed by atoms with van der Waals surface area (Å²) in [6.07, 6.45) is 11.5. The first-order chi connectivity index (χ1) is 23.4. The maximum absolute atomic E-state index is 13.5. The first-order valence-electron chi connectivity index (χ1n) is 16.6. The third-order valence-electron chi connectivity index (χ3n) is 10.5. The van der Waals surface area contributed by atoms with Gasteiger partial charge in [0.1, 0.15) is 0 Å². The van der Waals surface area contributed by atoms with E-state index in [0.29, 0.717) is 11.1 Å². The highest BCUT2D eigenvalue weighted by atomic mass is 16.2. The van der Waals surface area contributed by atoms with Crippen molar-refractivity contribution in [2.45, 2.75) is 25.7 Å². The summed E-state index contributed by atoms with van der Waals surface area (Å²) in [4.78, 5) is 29.3. The second-order valence-electron chi connectivity index (χ2n) is 13.7. The van der Waals surface area contributed by atoms with Crippen molar-refractivity contribution in [3.63, 3.8) is 0 Å². The highest BCUT2D eigenvalue weighted by Crippen LogP contribution is 2.54. The number of carbonyl (C=O) groups is 2. The minimum Gasteiger partial charge on any atom is -0.310 e. The maximum atomic E-state index is 13.5. The van der Waals surface area contributed by atoms with E-state index in [1.807, 2.05) is 36.4 Å². The van der Waals surface area contributed by atoms with Crippen molar-refractivity contribution in [2.75, 3.05) is 4.90 Å². The van der Waals surface area contributed by atoms with Gasteiger partial charge in [0.05, 0.1) is 5.57 Å². The van der Waals surface area contributed by atoms with Crippen molar-refractivity contribution in [2.24, 2.45) is 5.92 Å². The number of ketones is 2. The molecule has 0 heterocycles. The van der Waals surface area contributed by atoms with Gasteiger partial charge in [0.15, 0.2) is 11.6 Å². The van der Waals surface area contributed by atoms with Gasteiger partial charge in [0, 0.05) is 39.5 Å². The molecule has 1 atom stereocenters. The number of rotatable bonds is 4. The van der Waals surface area contributed by atoms with Crippen LogP contribution in [0.25, 0.3) is 16.3 Å². The second-order valence-corrected chi connectivity index (χ2v) is 13.7. The molecule has 5 aromatic carbocycles. The molecule has 0 amide bonds. The zero-order valence-electron chi connectivity index (χ0n) is 26.9. The van der Waals surface area contributed by atoms with Crippen LogP contribution in [0.15, 0.2) is 168 Å². The molecular formula is C45H33NO2. The molecule has 0 saturated heterocycles. The molecule has 1 unspecified atom stereocenters. The SMILES string of the molecule is CC1(C)C2=C(C=C3C=C(C=C4C(=O)c5cc6ccccc6cc5C4=O)C=CC3C2)c2cc(N(c3ccccc3)c3ccccc3)ccc21. The Morgan fingerprint density at radius 3 is 1.90 bits per heavy atom. The van der Waals surface area contributed by atoms with Gasteiger partial charge in [-0.1, -0.05) is 110 Å². The van der Waals surface area contributed by atoms with E-state index >= 15 is 0 Å². The Balaban J connectivity index is 1.10. The van der Waals surface area contributed by atoms with Crippen molar-refractivity contribution in [1.82, 2.24) is 0 Å². The average molecular weight is 620 g/mol. The summed E-state index contributed by atoms with van der Waals surface area (Å²) < 4.78 is 0. The quantitative estimate of drug-likeness (QED) is 0.148. The smallest absolute Gasteiger partial charge is 0.197 e. The number of Topliss-reactive ketones (excluding diaryl/α,β-unsaturated/α-hetero) is 2. The summed E-state index contributed by atoms with van der Waals surface area (Å²) in [7, 11) is 0. The Morgan fingerprint density at radius 1 is 0.667 bits per heavy atom. The minimum absolute atomic E-state index is 0.0899. The Labute approximate surface area is 280 Å². The summed E-state index contributed by atoms with van der Waals surface area (Å²) in [5, 5.41) is 1.93. The summed E-state index contributed by atoms with van der Waals surface area (Å²) in [5.74, 6) is -0.137. The predicted molar refractivity (Wildman–Crippen MR) is 195 cm³/mol. The third-order valence-corrected chi connectivity index (χ3v) is 10.5. The zero-order chi connectivity index (χ0) is 32.6. The molecule has 0 aromatic heterocycles. The van der Waals surface area contributed by atoms with Gasteiger partial charge in [-0.25, -0.2) is 0 Å². The van der Waals surface area contributed by atoms with Crippen LogP contribution in [-0.4, -0.2) is 11.6 Å². The molecule has 3 heteroatoms. The summed E-state index contributed by atoms with van der Waals surface area (Å²) in [6, 6.07) is 39.5. The first kappa shape index (κ1) is 28.4. The summed E-state index contributed by atoms with van der Waals surface area (Å²) in [5.41, 5.74) is 11.9. The van der Waals surface area contributed by atoms with E-state index in [1.165, 1.54) is 27.8 Å². The lowest BCUT2D eigenvalue weighted by Gasteiger charge is -2.31. The molecule has 5 aromatic rings. The number of hydrogen-bond acceptors (Lipinski definition) is 3. The number of allylic oxidation sites excluding steroid dienone is 10. The third kappa shape index (κ3) is 4.35. The van der Waals surface area contributed by atoms with Crippen LogP contribution in [0.4, 0.5) is 17.1 Å². The van der Waals surface area contributed by atoms with E-state index in [4.69, 9.17) is 0 Å². The molecule has 3 nitrogen and oxygen atoms in total. The Hall–Kier alpha value is -5.80. The lowest BCUT2D eigenvalue weighted by molar-refractivity contribution is 0.0988. The van der Waals surface area contributed by atoms with E-state index < -0.39 is 0 Å². The Bertz CT molecular complexity index is 2270. The molecule has 0 aliphatic heterocycles. The van der Waals surface area contributed by atoms with E-state index in [9.17, 15) is 9.59 Å². The second kappa shape index (κ2) is 10.6. The van der Waals surface area contributed by atoms with Crippen molar-refractivity contribution in [3.8, 4) is 0 Å². The van der Waals surface area contributed by atoms with E-state index in [0.717, 1.165) is 39.8 Å².